The van der Waals surface area contributed by atoms with Crippen LogP contribution in [0, 0.1) is 11.7 Å². The molecule has 1 unspecified atom stereocenters. The Balaban J connectivity index is 2.41. The second kappa shape index (κ2) is 5.73. The first-order valence-electron chi connectivity index (χ1n) is 4.81. The van der Waals surface area contributed by atoms with Crippen molar-refractivity contribution in [2.24, 2.45) is 11.7 Å². The molecule has 78 valence electrons. The van der Waals surface area contributed by atoms with Gasteiger partial charge >= 0.3 is 0 Å². The summed E-state index contributed by atoms with van der Waals surface area (Å²) < 4.78 is 12.6. The summed E-state index contributed by atoms with van der Waals surface area (Å²) in [6.07, 6.45) is 1.68. The summed E-state index contributed by atoms with van der Waals surface area (Å²) in [5.41, 5.74) is 6.53. The monoisotopic (exact) mass is 197 g/mol. The molecule has 0 fully saturated rings. The molecule has 0 radical (unpaired) electrons. The molecule has 0 aromatic heterocycles. The minimum absolute atomic E-state index is 0.123. The molecular weight excluding hydrogens is 181 g/mol. The van der Waals surface area contributed by atoms with E-state index in [1.54, 1.807) is 12.1 Å². The minimum Gasteiger partial charge on any atom is -0.396 e. The third-order valence-electron chi connectivity index (χ3n) is 2.35. The largest absolute Gasteiger partial charge is 0.396 e. The van der Waals surface area contributed by atoms with E-state index < -0.39 is 0 Å². The Morgan fingerprint density at radius 3 is 2.43 bits per heavy atom. The van der Waals surface area contributed by atoms with E-state index in [1.165, 1.54) is 12.1 Å². The Labute approximate surface area is 83.6 Å². The normalized spacial score (nSPS) is 12.8. The third-order valence-corrected chi connectivity index (χ3v) is 2.35. The van der Waals surface area contributed by atoms with Gasteiger partial charge in [0.2, 0.25) is 0 Å². The highest BCUT2D eigenvalue weighted by Gasteiger charge is 2.04. The fourth-order valence-corrected chi connectivity index (χ4v) is 1.31. The molecule has 14 heavy (non-hydrogen) atoms. The van der Waals surface area contributed by atoms with Gasteiger partial charge in [0.1, 0.15) is 5.82 Å². The van der Waals surface area contributed by atoms with Crippen LogP contribution in [0.5, 0.6) is 0 Å². The maximum absolute atomic E-state index is 12.6. The maximum Gasteiger partial charge on any atom is 0.123 e. The lowest BCUT2D eigenvalue weighted by molar-refractivity contribution is 0.223. The number of halogens is 1. The zero-order chi connectivity index (χ0) is 10.4. The summed E-state index contributed by atoms with van der Waals surface area (Å²) in [6.45, 7) is 0.620. The van der Waals surface area contributed by atoms with E-state index in [2.05, 4.69) is 0 Å². The molecule has 0 aliphatic heterocycles. The van der Waals surface area contributed by atoms with Crippen LogP contribution in [0.4, 0.5) is 4.39 Å². The van der Waals surface area contributed by atoms with Gasteiger partial charge in [-0.25, -0.2) is 4.39 Å². The number of aliphatic hydroxyl groups excluding tert-OH is 1. The van der Waals surface area contributed by atoms with Crippen molar-refractivity contribution in [3.63, 3.8) is 0 Å². The van der Waals surface area contributed by atoms with E-state index in [9.17, 15) is 4.39 Å². The zero-order valence-electron chi connectivity index (χ0n) is 8.12. The number of aryl methyl sites for hydroxylation is 1. The quantitative estimate of drug-likeness (QED) is 0.748. The van der Waals surface area contributed by atoms with E-state index in [4.69, 9.17) is 10.8 Å². The van der Waals surface area contributed by atoms with Gasteiger partial charge < -0.3 is 10.8 Å². The molecule has 1 aromatic rings. The van der Waals surface area contributed by atoms with Crippen LogP contribution in [0.1, 0.15) is 12.0 Å². The molecule has 0 amide bonds. The Morgan fingerprint density at radius 1 is 1.29 bits per heavy atom. The van der Waals surface area contributed by atoms with Crippen LogP contribution in [0.2, 0.25) is 0 Å². The van der Waals surface area contributed by atoms with Crippen LogP contribution >= 0.6 is 0 Å². The van der Waals surface area contributed by atoms with Crippen molar-refractivity contribution < 1.29 is 9.50 Å². The third kappa shape index (κ3) is 3.44. The molecule has 0 heterocycles. The predicted octanol–water partition coefficient (Wildman–Crippen LogP) is 1.33. The lowest BCUT2D eigenvalue weighted by Crippen LogP contribution is -2.18. The smallest absolute Gasteiger partial charge is 0.123 e. The van der Waals surface area contributed by atoms with Gasteiger partial charge in [-0.2, -0.15) is 0 Å². The van der Waals surface area contributed by atoms with Crippen LogP contribution in [-0.2, 0) is 6.42 Å². The van der Waals surface area contributed by atoms with Gasteiger partial charge in [-0.3, -0.25) is 0 Å². The van der Waals surface area contributed by atoms with Gasteiger partial charge in [-0.05, 0) is 43.0 Å². The summed E-state index contributed by atoms with van der Waals surface area (Å²) in [5, 5.41) is 8.91. The van der Waals surface area contributed by atoms with Gasteiger partial charge in [0.25, 0.3) is 0 Å². The van der Waals surface area contributed by atoms with Gasteiger partial charge in [0.05, 0.1) is 0 Å². The minimum atomic E-state index is -0.216. The van der Waals surface area contributed by atoms with Gasteiger partial charge in [-0.15, -0.1) is 0 Å². The Hall–Kier alpha value is -0.930. The van der Waals surface area contributed by atoms with E-state index >= 15 is 0 Å². The second-order valence-electron chi connectivity index (χ2n) is 3.45. The average molecular weight is 197 g/mol. The molecular formula is C11H16FNO. The van der Waals surface area contributed by atoms with Crippen molar-refractivity contribution >= 4 is 0 Å². The van der Waals surface area contributed by atoms with Crippen molar-refractivity contribution in [3.8, 4) is 0 Å². The zero-order valence-corrected chi connectivity index (χ0v) is 8.12. The molecule has 1 aromatic carbocycles. The highest BCUT2D eigenvalue weighted by atomic mass is 19.1. The van der Waals surface area contributed by atoms with E-state index in [0.717, 1.165) is 18.4 Å². The topological polar surface area (TPSA) is 46.2 Å². The molecule has 0 aliphatic carbocycles. The first kappa shape index (κ1) is 11.1. The molecule has 3 N–H and O–H groups in total. The number of rotatable bonds is 5. The number of benzene rings is 1. The van der Waals surface area contributed by atoms with E-state index in [-0.39, 0.29) is 18.3 Å². The van der Waals surface area contributed by atoms with Crippen LogP contribution in [-0.4, -0.2) is 18.3 Å². The standard InChI is InChI=1S/C11H16FNO/c12-11-5-3-9(4-6-11)1-2-10(7-13)8-14/h3-6,10,14H,1-2,7-8,13H2. The summed E-state index contributed by atoms with van der Waals surface area (Å²) >= 11 is 0. The van der Waals surface area contributed by atoms with Gasteiger partial charge in [0.15, 0.2) is 0 Å². The molecule has 2 nitrogen and oxygen atoms in total. The lowest BCUT2D eigenvalue weighted by Gasteiger charge is -2.10. The summed E-state index contributed by atoms with van der Waals surface area (Å²) in [6, 6.07) is 6.43. The van der Waals surface area contributed by atoms with Crippen molar-refractivity contribution in [1.29, 1.82) is 0 Å². The number of hydrogen-bond acceptors (Lipinski definition) is 2. The van der Waals surface area contributed by atoms with Crippen molar-refractivity contribution in [3.05, 3.63) is 35.6 Å². The second-order valence-corrected chi connectivity index (χ2v) is 3.45. The lowest BCUT2D eigenvalue weighted by atomic mass is 10.0. The fraction of sp³-hybridized carbons (Fsp3) is 0.455. The molecule has 0 aliphatic rings. The molecule has 0 saturated carbocycles. The number of nitrogens with two attached hydrogens (primary N) is 1. The van der Waals surface area contributed by atoms with Crippen LogP contribution in [0.25, 0.3) is 0 Å². The van der Waals surface area contributed by atoms with Crippen molar-refractivity contribution in [2.45, 2.75) is 12.8 Å². The highest BCUT2D eigenvalue weighted by Crippen LogP contribution is 2.09. The first-order chi connectivity index (χ1) is 6.76. The molecule has 0 spiro atoms. The molecule has 0 saturated heterocycles. The SMILES string of the molecule is NCC(CO)CCc1ccc(F)cc1. The molecule has 3 heteroatoms. The summed E-state index contributed by atoms with van der Waals surface area (Å²) in [7, 11) is 0. The van der Waals surface area contributed by atoms with Crippen molar-refractivity contribution in [2.75, 3.05) is 13.2 Å². The Morgan fingerprint density at radius 2 is 1.93 bits per heavy atom. The van der Waals surface area contributed by atoms with Gasteiger partial charge in [0, 0.05) is 6.61 Å². The van der Waals surface area contributed by atoms with Crippen LogP contribution < -0.4 is 5.73 Å². The average Bonchev–Trinajstić information content (AvgIpc) is 2.22. The first-order valence-corrected chi connectivity index (χ1v) is 4.81. The van der Waals surface area contributed by atoms with E-state index in [0.29, 0.717) is 6.54 Å². The van der Waals surface area contributed by atoms with E-state index in [1.807, 2.05) is 0 Å². The van der Waals surface area contributed by atoms with Crippen LogP contribution in [0.3, 0.4) is 0 Å². The summed E-state index contributed by atoms with van der Waals surface area (Å²) in [5.74, 6) is -0.0636. The molecule has 0 bridgehead atoms. The Kier molecular flexibility index (Phi) is 4.56. The number of hydrogen-bond donors (Lipinski definition) is 2. The molecule has 1 rings (SSSR count). The predicted molar refractivity (Wildman–Crippen MR) is 54.4 cm³/mol. The van der Waals surface area contributed by atoms with Crippen molar-refractivity contribution in [1.82, 2.24) is 0 Å². The highest BCUT2D eigenvalue weighted by molar-refractivity contribution is 5.16. The van der Waals surface area contributed by atoms with Gasteiger partial charge in [-0.1, -0.05) is 12.1 Å². The number of aliphatic hydroxyl groups is 1. The van der Waals surface area contributed by atoms with Crippen LogP contribution in [0.15, 0.2) is 24.3 Å². The maximum atomic E-state index is 12.6. The Bertz CT molecular complexity index is 256. The summed E-state index contributed by atoms with van der Waals surface area (Å²) in [4.78, 5) is 0. The fourth-order valence-electron chi connectivity index (χ4n) is 1.31. The molecule has 1 atom stereocenters.